The molecule has 28 heavy (non-hydrogen) atoms. The predicted molar refractivity (Wildman–Crippen MR) is 107 cm³/mol. The van der Waals surface area contributed by atoms with Gasteiger partial charge in [0.25, 0.3) is 0 Å². The van der Waals surface area contributed by atoms with Crippen LogP contribution < -0.4 is 0 Å². The summed E-state index contributed by atoms with van der Waals surface area (Å²) in [5.74, 6) is -0.0259. The fraction of sp³-hybridized carbons (Fsp3) is 0.500. The lowest BCUT2D eigenvalue weighted by Crippen LogP contribution is -2.34. The quantitative estimate of drug-likeness (QED) is 0.604. The van der Waals surface area contributed by atoms with Gasteiger partial charge in [-0.2, -0.15) is 0 Å². The first kappa shape index (κ1) is 22.1. The highest BCUT2D eigenvalue weighted by Gasteiger charge is 2.25. The van der Waals surface area contributed by atoms with Gasteiger partial charge in [-0.25, -0.2) is 13.4 Å². The average molecular weight is 408 g/mol. The number of nitrogens with zero attached hydrogens (tertiary/aromatic N) is 3. The molecule has 1 aromatic carbocycles. The number of methoxy groups -OCH3 is 1. The molecule has 8 heteroatoms. The van der Waals surface area contributed by atoms with Crippen molar-refractivity contribution in [2.24, 2.45) is 5.92 Å². The lowest BCUT2D eigenvalue weighted by Gasteiger charge is -2.22. The number of carbonyl (C=O) groups is 1. The summed E-state index contributed by atoms with van der Waals surface area (Å²) in [6, 6.07) is 9.06. The number of aromatic nitrogens is 2. The number of sulfone groups is 1. The van der Waals surface area contributed by atoms with Gasteiger partial charge >= 0.3 is 0 Å². The van der Waals surface area contributed by atoms with Crippen LogP contribution in [0.3, 0.4) is 0 Å². The number of hydrogen-bond donors (Lipinski definition) is 0. The van der Waals surface area contributed by atoms with Crippen molar-refractivity contribution >= 4 is 15.7 Å². The molecule has 0 unspecified atom stereocenters. The summed E-state index contributed by atoms with van der Waals surface area (Å²) in [5.41, 5.74) is 1.42. The molecule has 0 aliphatic carbocycles. The Labute approximate surface area is 167 Å². The molecule has 0 bridgehead atoms. The molecule has 0 saturated heterocycles. The third-order valence-corrected chi connectivity index (χ3v) is 5.88. The number of amides is 1. The molecule has 0 N–H and O–H groups in total. The van der Waals surface area contributed by atoms with E-state index >= 15 is 0 Å². The maximum atomic E-state index is 13.0. The van der Waals surface area contributed by atoms with Crippen LogP contribution in [0, 0.1) is 5.92 Å². The van der Waals surface area contributed by atoms with Gasteiger partial charge in [0.1, 0.15) is 6.61 Å². The number of benzene rings is 1. The Hall–Kier alpha value is -2.19. The SMILES string of the molecule is CCN(Cc1cnc(S(=O)(=O)Cc2ccccc2)n1CC(C)C)C(=O)COC. The Kier molecular flexibility index (Phi) is 7.77. The predicted octanol–water partition coefficient (Wildman–Crippen LogP) is 2.51. The lowest BCUT2D eigenvalue weighted by molar-refractivity contribution is -0.135. The molecule has 0 fully saturated rings. The zero-order valence-corrected chi connectivity index (χ0v) is 17.8. The first-order valence-electron chi connectivity index (χ1n) is 9.36. The standard InChI is InChI=1S/C20H29N3O4S/c1-5-22(19(24)14-27-4)13-18-11-21-20(23(18)12-16(2)3)28(25,26)15-17-9-7-6-8-10-17/h6-11,16H,5,12-15H2,1-4H3. The molecule has 2 aromatic rings. The molecular weight excluding hydrogens is 378 g/mol. The van der Waals surface area contributed by atoms with Gasteiger partial charge in [-0.15, -0.1) is 0 Å². The number of hydrogen-bond acceptors (Lipinski definition) is 5. The van der Waals surface area contributed by atoms with Crippen LogP contribution in [0.2, 0.25) is 0 Å². The van der Waals surface area contributed by atoms with E-state index in [2.05, 4.69) is 4.98 Å². The van der Waals surface area contributed by atoms with Crippen molar-refractivity contribution in [3.8, 4) is 0 Å². The van der Waals surface area contributed by atoms with E-state index < -0.39 is 9.84 Å². The summed E-state index contributed by atoms with van der Waals surface area (Å²) in [5, 5.41) is 0.0512. The molecule has 1 amide bonds. The number of ether oxygens (including phenoxy) is 1. The smallest absolute Gasteiger partial charge is 0.248 e. The molecule has 7 nitrogen and oxygen atoms in total. The molecule has 0 spiro atoms. The summed E-state index contributed by atoms with van der Waals surface area (Å²) in [6.07, 6.45) is 1.56. The van der Waals surface area contributed by atoms with E-state index in [1.54, 1.807) is 27.8 Å². The Morgan fingerprint density at radius 1 is 1.25 bits per heavy atom. The van der Waals surface area contributed by atoms with Crippen LogP contribution in [-0.2, 0) is 38.2 Å². The van der Waals surface area contributed by atoms with Crippen LogP contribution in [0.4, 0.5) is 0 Å². The highest BCUT2D eigenvalue weighted by atomic mass is 32.2. The lowest BCUT2D eigenvalue weighted by atomic mass is 10.2. The minimum atomic E-state index is -3.62. The van der Waals surface area contributed by atoms with Gasteiger partial charge in [-0.05, 0) is 18.4 Å². The minimum absolute atomic E-state index is 0.00861. The van der Waals surface area contributed by atoms with Crippen LogP contribution in [0.5, 0.6) is 0 Å². The molecular formula is C20H29N3O4S. The summed E-state index contributed by atoms with van der Waals surface area (Å²) in [7, 11) is -2.14. The molecule has 0 atom stereocenters. The zero-order chi connectivity index (χ0) is 20.7. The van der Waals surface area contributed by atoms with Gasteiger partial charge < -0.3 is 14.2 Å². The number of imidazole rings is 1. The van der Waals surface area contributed by atoms with E-state index in [1.165, 1.54) is 7.11 Å². The van der Waals surface area contributed by atoms with E-state index in [0.29, 0.717) is 30.9 Å². The normalized spacial score (nSPS) is 11.8. The van der Waals surface area contributed by atoms with Crippen LogP contribution in [0.25, 0.3) is 0 Å². The Morgan fingerprint density at radius 2 is 1.93 bits per heavy atom. The van der Waals surface area contributed by atoms with Crippen molar-refractivity contribution in [3.05, 3.63) is 47.8 Å². The fourth-order valence-corrected chi connectivity index (χ4v) is 4.47. The molecule has 154 valence electrons. The summed E-state index contributed by atoms with van der Waals surface area (Å²) < 4.78 is 32.7. The van der Waals surface area contributed by atoms with Crippen molar-refractivity contribution in [2.45, 2.75) is 44.8 Å². The van der Waals surface area contributed by atoms with Crippen molar-refractivity contribution in [1.29, 1.82) is 0 Å². The molecule has 1 aromatic heterocycles. The summed E-state index contributed by atoms with van der Waals surface area (Å²) in [4.78, 5) is 18.1. The maximum absolute atomic E-state index is 13.0. The van der Waals surface area contributed by atoms with E-state index in [9.17, 15) is 13.2 Å². The molecule has 0 radical (unpaired) electrons. The second-order valence-corrected chi connectivity index (χ2v) is 9.01. The topological polar surface area (TPSA) is 81.5 Å². The molecule has 0 aliphatic rings. The Morgan fingerprint density at radius 3 is 2.50 bits per heavy atom. The first-order valence-corrected chi connectivity index (χ1v) is 11.0. The monoisotopic (exact) mass is 407 g/mol. The van der Waals surface area contributed by atoms with Gasteiger partial charge in [0.05, 0.1) is 24.2 Å². The number of likely N-dealkylation sites (N-methyl/N-ethyl adjacent to an activating group) is 1. The molecule has 0 aliphatic heterocycles. The molecule has 2 rings (SSSR count). The van der Waals surface area contributed by atoms with E-state index in [-0.39, 0.29) is 29.3 Å². The van der Waals surface area contributed by atoms with Crippen molar-refractivity contribution in [1.82, 2.24) is 14.5 Å². The second-order valence-electron chi connectivity index (χ2n) is 7.12. The van der Waals surface area contributed by atoms with E-state index in [4.69, 9.17) is 4.74 Å². The van der Waals surface area contributed by atoms with Gasteiger partial charge in [0.15, 0.2) is 0 Å². The molecule has 1 heterocycles. The van der Waals surface area contributed by atoms with Crippen LogP contribution in [-0.4, -0.2) is 49.0 Å². The van der Waals surface area contributed by atoms with Gasteiger partial charge in [0, 0.05) is 20.2 Å². The fourth-order valence-electron chi connectivity index (χ4n) is 2.97. The van der Waals surface area contributed by atoms with Crippen LogP contribution >= 0.6 is 0 Å². The van der Waals surface area contributed by atoms with Crippen molar-refractivity contribution in [2.75, 3.05) is 20.3 Å². The third kappa shape index (κ3) is 5.65. The average Bonchev–Trinajstić information content (AvgIpc) is 3.02. The molecule has 0 saturated carbocycles. The van der Waals surface area contributed by atoms with Gasteiger partial charge in [-0.1, -0.05) is 44.2 Å². The summed E-state index contributed by atoms with van der Waals surface area (Å²) in [6.45, 7) is 7.21. The highest BCUT2D eigenvalue weighted by molar-refractivity contribution is 7.90. The van der Waals surface area contributed by atoms with Crippen LogP contribution in [0.1, 0.15) is 32.0 Å². The third-order valence-electron chi connectivity index (χ3n) is 4.28. The van der Waals surface area contributed by atoms with E-state index in [0.717, 1.165) is 0 Å². The number of carbonyl (C=O) groups excluding carboxylic acids is 1. The Bertz CT molecular complexity index is 876. The highest BCUT2D eigenvalue weighted by Crippen LogP contribution is 2.20. The number of rotatable bonds is 10. The second kappa shape index (κ2) is 9.84. The summed E-state index contributed by atoms with van der Waals surface area (Å²) >= 11 is 0. The van der Waals surface area contributed by atoms with Crippen LogP contribution in [0.15, 0.2) is 41.7 Å². The largest absolute Gasteiger partial charge is 0.375 e. The van der Waals surface area contributed by atoms with Crippen molar-refractivity contribution < 1.29 is 17.9 Å². The van der Waals surface area contributed by atoms with Crippen molar-refractivity contribution in [3.63, 3.8) is 0 Å². The zero-order valence-electron chi connectivity index (χ0n) is 17.0. The van der Waals surface area contributed by atoms with Gasteiger partial charge in [-0.3, -0.25) is 4.79 Å². The first-order chi connectivity index (χ1) is 13.3. The maximum Gasteiger partial charge on any atom is 0.248 e. The Balaban J connectivity index is 2.36. The van der Waals surface area contributed by atoms with E-state index in [1.807, 2.05) is 39.0 Å². The van der Waals surface area contributed by atoms with Gasteiger partial charge in [0.2, 0.25) is 20.9 Å². The minimum Gasteiger partial charge on any atom is -0.375 e.